The fourth-order valence-electron chi connectivity index (χ4n) is 1.97. The van der Waals surface area contributed by atoms with Crippen molar-refractivity contribution in [1.82, 2.24) is 5.32 Å². The molecule has 0 fully saturated rings. The van der Waals surface area contributed by atoms with Crippen LogP contribution < -0.4 is 10.1 Å². The van der Waals surface area contributed by atoms with Crippen LogP contribution >= 0.6 is 15.9 Å². The molecule has 0 heterocycles. The van der Waals surface area contributed by atoms with Gasteiger partial charge in [0, 0.05) is 4.47 Å². The highest BCUT2D eigenvalue weighted by Crippen LogP contribution is 2.25. The molecular formula is C15H24BrNO. The second-order valence-electron chi connectivity index (χ2n) is 4.80. The molecule has 0 aromatic heterocycles. The van der Waals surface area contributed by atoms with Gasteiger partial charge < -0.3 is 10.1 Å². The van der Waals surface area contributed by atoms with Crippen LogP contribution in [-0.4, -0.2) is 20.2 Å². The SMILES string of the molecule is CCCNCC(C)CCc1cc(Br)ccc1OC. The van der Waals surface area contributed by atoms with Gasteiger partial charge in [0.15, 0.2) is 0 Å². The number of nitrogens with one attached hydrogen (secondary N) is 1. The first kappa shape index (κ1) is 15.5. The number of halogens is 1. The Morgan fingerprint density at radius 2 is 2.17 bits per heavy atom. The second kappa shape index (κ2) is 8.54. The molecule has 0 saturated carbocycles. The molecule has 0 radical (unpaired) electrons. The van der Waals surface area contributed by atoms with Crippen LogP contribution in [0.5, 0.6) is 5.75 Å². The van der Waals surface area contributed by atoms with E-state index in [0.717, 1.165) is 29.7 Å². The summed E-state index contributed by atoms with van der Waals surface area (Å²) in [5.74, 6) is 1.69. The first-order valence-electron chi connectivity index (χ1n) is 6.70. The van der Waals surface area contributed by atoms with Crippen molar-refractivity contribution in [3.63, 3.8) is 0 Å². The van der Waals surface area contributed by atoms with Gasteiger partial charge in [-0.1, -0.05) is 29.8 Å². The molecule has 0 aliphatic rings. The summed E-state index contributed by atoms with van der Waals surface area (Å²) in [6, 6.07) is 6.21. The summed E-state index contributed by atoms with van der Waals surface area (Å²) < 4.78 is 6.52. The number of rotatable bonds is 8. The average molecular weight is 314 g/mol. The fraction of sp³-hybridized carbons (Fsp3) is 0.600. The van der Waals surface area contributed by atoms with Crippen molar-refractivity contribution >= 4 is 15.9 Å². The van der Waals surface area contributed by atoms with E-state index in [1.54, 1.807) is 7.11 Å². The second-order valence-corrected chi connectivity index (χ2v) is 5.72. The van der Waals surface area contributed by atoms with Crippen LogP contribution in [0.3, 0.4) is 0 Å². The molecule has 0 saturated heterocycles. The molecule has 0 bridgehead atoms. The highest BCUT2D eigenvalue weighted by molar-refractivity contribution is 9.10. The Hall–Kier alpha value is -0.540. The summed E-state index contributed by atoms with van der Waals surface area (Å²) >= 11 is 3.52. The van der Waals surface area contributed by atoms with E-state index in [4.69, 9.17) is 4.74 Å². The molecule has 102 valence electrons. The largest absolute Gasteiger partial charge is 0.496 e. The molecule has 0 amide bonds. The number of hydrogen-bond donors (Lipinski definition) is 1. The minimum Gasteiger partial charge on any atom is -0.496 e. The normalized spacial score (nSPS) is 12.4. The maximum atomic E-state index is 5.39. The topological polar surface area (TPSA) is 21.3 Å². The van der Waals surface area contributed by atoms with Gasteiger partial charge in [-0.05, 0) is 62.0 Å². The number of aryl methyl sites for hydroxylation is 1. The third-order valence-corrected chi connectivity index (χ3v) is 3.56. The van der Waals surface area contributed by atoms with Crippen LogP contribution in [0, 0.1) is 5.92 Å². The Kier molecular flexibility index (Phi) is 7.36. The van der Waals surface area contributed by atoms with Crippen LogP contribution in [0.1, 0.15) is 32.3 Å². The van der Waals surface area contributed by atoms with Crippen molar-refractivity contribution in [2.45, 2.75) is 33.1 Å². The minimum atomic E-state index is 0.695. The molecule has 2 nitrogen and oxygen atoms in total. The number of ether oxygens (including phenoxy) is 1. The van der Waals surface area contributed by atoms with Gasteiger partial charge >= 0.3 is 0 Å². The predicted octanol–water partition coefficient (Wildman–Crippen LogP) is 4.03. The standard InChI is InChI=1S/C15H24BrNO/c1-4-9-17-11-12(2)5-6-13-10-14(16)7-8-15(13)18-3/h7-8,10,12,17H,4-6,9,11H2,1-3H3. The molecule has 0 aliphatic carbocycles. The average Bonchev–Trinajstić information content (AvgIpc) is 2.37. The van der Waals surface area contributed by atoms with Crippen LogP contribution in [0.4, 0.5) is 0 Å². The first-order chi connectivity index (χ1) is 8.67. The van der Waals surface area contributed by atoms with E-state index in [1.165, 1.54) is 18.4 Å². The van der Waals surface area contributed by atoms with Crippen LogP contribution in [0.2, 0.25) is 0 Å². The van der Waals surface area contributed by atoms with E-state index in [0.29, 0.717) is 5.92 Å². The van der Waals surface area contributed by atoms with Gasteiger partial charge in [-0.15, -0.1) is 0 Å². The number of methoxy groups -OCH3 is 1. The van der Waals surface area contributed by atoms with Crippen molar-refractivity contribution in [2.24, 2.45) is 5.92 Å². The van der Waals surface area contributed by atoms with Gasteiger partial charge in [0.25, 0.3) is 0 Å². The van der Waals surface area contributed by atoms with Crippen molar-refractivity contribution in [3.05, 3.63) is 28.2 Å². The summed E-state index contributed by atoms with van der Waals surface area (Å²) in [6.07, 6.45) is 3.45. The highest BCUT2D eigenvalue weighted by Gasteiger charge is 2.07. The summed E-state index contributed by atoms with van der Waals surface area (Å²) in [7, 11) is 1.74. The monoisotopic (exact) mass is 313 g/mol. The Labute approximate surface area is 119 Å². The van der Waals surface area contributed by atoms with Crippen molar-refractivity contribution < 1.29 is 4.74 Å². The molecule has 0 aliphatic heterocycles. The van der Waals surface area contributed by atoms with Crippen LogP contribution in [0.25, 0.3) is 0 Å². The Bertz CT molecular complexity index is 354. The lowest BCUT2D eigenvalue weighted by Crippen LogP contribution is -2.22. The molecule has 3 heteroatoms. The van der Waals surface area contributed by atoms with Crippen molar-refractivity contribution in [1.29, 1.82) is 0 Å². The molecule has 1 unspecified atom stereocenters. The maximum Gasteiger partial charge on any atom is 0.122 e. The van der Waals surface area contributed by atoms with E-state index >= 15 is 0 Å². The summed E-state index contributed by atoms with van der Waals surface area (Å²) in [5, 5.41) is 3.47. The lowest BCUT2D eigenvalue weighted by molar-refractivity contribution is 0.405. The Morgan fingerprint density at radius 1 is 1.39 bits per heavy atom. The lowest BCUT2D eigenvalue weighted by atomic mass is 10.0. The predicted molar refractivity (Wildman–Crippen MR) is 81.3 cm³/mol. The van der Waals surface area contributed by atoms with Gasteiger partial charge in [0.05, 0.1) is 7.11 Å². The quantitative estimate of drug-likeness (QED) is 0.732. The zero-order valence-corrected chi connectivity index (χ0v) is 13.2. The summed E-state index contributed by atoms with van der Waals surface area (Å²) in [4.78, 5) is 0. The van der Waals surface area contributed by atoms with E-state index in [-0.39, 0.29) is 0 Å². The van der Waals surface area contributed by atoms with Crippen LogP contribution in [-0.2, 0) is 6.42 Å². The zero-order chi connectivity index (χ0) is 13.4. The molecule has 18 heavy (non-hydrogen) atoms. The first-order valence-corrected chi connectivity index (χ1v) is 7.49. The van der Waals surface area contributed by atoms with Gasteiger partial charge in [-0.3, -0.25) is 0 Å². The fourth-order valence-corrected chi connectivity index (χ4v) is 2.38. The molecule has 1 atom stereocenters. The van der Waals surface area contributed by atoms with Gasteiger partial charge in [-0.25, -0.2) is 0 Å². The zero-order valence-electron chi connectivity index (χ0n) is 11.6. The van der Waals surface area contributed by atoms with Gasteiger partial charge in [0.2, 0.25) is 0 Å². The molecular weight excluding hydrogens is 290 g/mol. The van der Waals surface area contributed by atoms with E-state index < -0.39 is 0 Å². The van der Waals surface area contributed by atoms with Crippen molar-refractivity contribution in [2.75, 3.05) is 20.2 Å². The van der Waals surface area contributed by atoms with Crippen molar-refractivity contribution in [3.8, 4) is 5.75 Å². The highest BCUT2D eigenvalue weighted by atomic mass is 79.9. The Balaban J connectivity index is 2.44. The smallest absolute Gasteiger partial charge is 0.122 e. The molecule has 1 aromatic carbocycles. The maximum absolute atomic E-state index is 5.39. The summed E-state index contributed by atoms with van der Waals surface area (Å²) in [5.41, 5.74) is 1.29. The van der Waals surface area contributed by atoms with E-state index in [1.807, 2.05) is 12.1 Å². The third kappa shape index (κ3) is 5.40. The van der Waals surface area contributed by atoms with Crippen LogP contribution in [0.15, 0.2) is 22.7 Å². The lowest BCUT2D eigenvalue weighted by Gasteiger charge is -2.14. The molecule has 1 N–H and O–H groups in total. The van der Waals surface area contributed by atoms with Gasteiger partial charge in [-0.2, -0.15) is 0 Å². The molecule has 1 rings (SSSR count). The third-order valence-electron chi connectivity index (χ3n) is 3.07. The minimum absolute atomic E-state index is 0.695. The van der Waals surface area contributed by atoms with E-state index in [2.05, 4.69) is 41.2 Å². The molecule has 1 aromatic rings. The van der Waals surface area contributed by atoms with E-state index in [9.17, 15) is 0 Å². The number of benzene rings is 1. The molecule has 0 spiro atoms. The van der Waals surface area contributed by atoms with Gasteiger partial charge in [0.1, 0.15) is 5.75 Å². The number of hydrogen-bond acceptors (Lipinski definition) is 2. The summed E-state index contributed by atoms with van der Waals surface area (Å²) in [6.45, 7) is 6.71. The Morgan fingerprint density at radius 3 is 2.83 bits per heavy atom.